The molecule has 0 saturated heterocycles. The standard InChI is InChI=1S/C17H15.C5H5.C5H10.2ClH.Hf/c1-12-7-13(2)9-16(8-12)17-10-14-5-3-4-6-15(14)11-17;1-2-4-5-3-1;1-3-5-4-2;;;/h3-11H,1-2H3;1-5H;3-4H2,1-2H3;2*1H;/q;;;;;+2/p-2. The molecule has 3 heteroatoms. The van der Waals surface area contributed by atoms with Crippen LogP contribution in [0.4, 0.5) is 0 Å². The minimum atomic E-state index is -2.23. The van der Waals surface area contributed by atoms with E-state index in [4.69, 9.17) is 0 Å². The van der Waals surface area contributed by atoms with E-state index >= 15 is 0 Å². The summed E-state index contributed by atoms with van der Waals surface area (Å²) in [7, 11) is 0. The Kier molecular flexibility index (Phi) is 9.28. The van der Waals surface area contributed by atoms with Crippen LogP contribution < -0.4 is 24.8 Å². The number of aryl methyl sites for hydroxylation is 2. The first-order chi connectivity index (χ1) is 13.6. The van der Waals surface area contributed by atoms with E-state index in [0.717, 1.165) is 0 Å². The predicted octanol–water partition coefficient (Wildman–Crippen LogP) is 1.43. The average Bonchev–Trinajstić information content (AvgIpc) is 3.33. The molecule has 0 nitrogen and oxygen atoms in total. The van der Waals surface area contributed by atoms with E-state index in [1.54, 1.807) is 11.1 Å². The van der Waals surface area contributed by atoms with Gasteiger partial charge < -0.3 is 24.8 Å². The van der Waals surface area contributed by atoms with Gasteiger partial charge in [0.05, 0.1) is 0 Å². The summed E-state index contributed by atoms with van der Waals surface area (Å²) in [4.78, 5) is 0. The molecule has 2 aromatic carbocycles. The summed E-state index contributed by atoms with van der Waals surface area (Å²) in [5.41, 5.74) is 8.80. The number of hydrogen-bond acceptors (Lipinski definition) is 0. The third-order valence-corrected chi connectivity index (χ3v) is 20.1. The summed E-state index contributed by atoms with van der Waals surface area (Å²) >= 11 is -2.23. The second kappa shape index (κ2) is 11.0. The molecule has 0 heterocycles. The fourth-order valence-electron chi connectivity index (χ4n) is 4.98. The van der Waals surface area contributed by atoms with Crippen molar-refractivity contribution in [2.75, 3.05) is 0 Å². The van der Waals surface area contributed by atoms with Crippen LogP contribution in [0.15, 0.2) is 66.8 Å². The van der Waals surface area contributed by atoms with Crippen molar-refractivity contribution in [3.05, 3.63) is 94.6 Å². The first-order valence-electron chi connectivity index (χ1n) is 10.6. The molecule has 0 spiro atoms. The van der Waals surface area contributed by atoms with Gasteiger partial charge in [0.15, 0.2) is 0 Å². The molecule has 0 amide bonds. The fourth-order valence-corrected chi connectivity index (χ4v) is 19.0. The Morgan fingerprint density at radius 1 is 0.867 bits per heavy atom. The largest absolute Gasteiger partial charge is 1.00 e. The molecule has 2 aliphatic rings. The molecule has 30 heavy (non-hydrogen) atoms. The van der Waals surface area contributed by atoms with Gasteiger partial charge in [-0.15, -0.1) is 0 Å². The Bertz CT molecular complexity index is 989. The molecule has 2 aliphatic carbocycles. The van der Waals surface area contributed by atoms with Crippen LogP contribution in [0.5, 0.6) is 0 Å². The zero-order valence-electron chi connectivity index (χ0n) is 18.3. The van der Waals surface area contributed by atoms with Crippen molar-refractivity contribution in [3.8, 4) is 0 Å². The van der Waals surface area contributed by atoms with Gasteiger partial charge in [-0.05, 0) is 0 Å². The number of rotatable bonds is 5. The molecule has 1 unspecified atom stereocenters. The van der Waals surface area contributed by atoms with Gasteiger partial charge in [-0.1, -0.05) is 0 Å². The summed E-state index contributed by atoms with van der Waals surface area (Å²) in [6, 6.07) is 16.3. The smallest absolute Gasteiger partial charge is 1.00 e. The van der Waals surface area contributed by atoms with Gasteiger partial charge in [0, 0.05) is 0 Å². The van der Waals surface area contributed by atoms with Crippen LogP contribution in [0.2, 0.25) is 3.67 Å². The van der Waals surface area contributed by atoms with Crippen molar-refractivity contribution < 1.29 is 45.8 Å². The van der Waals surface area contributed by atoms with E-state index in [2.05, 4.69) is 101 Å². The molecule has 156 valence electrons. The van der Waals surface area contributed by atoms with Crippen molar-refractivity contribution in [3.63, 3.8) is 0 Å². The summed E-state index contributed by atoms with van der Waals surface area (Å²) in [6.07, 6.45) is 14.5. The van der Waals surface area contributed by atoms with Crippen LogP contribution in [0.25, 0.3) is 11.6 Å². The van der Waals surface area contributed by atoms with Crippen LogP contribution in [-0.4, -0.2) is 3.26 Å². The maximum Gasteiger partial charge on any atom is -1.00 e. The Morgan fingerprint density at radius 3 is 2.07 bits per heavy atom. The van der Waals surface area contributed by atoms with Gasteiger partial charge in [0.1, 0.15) is 0 Å². The fraction of sp³-hybridized carbons (Fsp3) is 0.296. The maximum absolute atomic E-state index is 2.50. The molecule has 0 N–H and O–H groups in total. The Balaban J connectivity index is 0.00000160. The summed E-state index contributed by atoms with van der Waals surface area (Å²) in [5.74, 6) is 0. The van der Waals surface area contributed by atoms with E-state index in [1.165, 1.54) is 35.1 Å². The topological polar surface area (TPSA) is 0 Å². The van der Waals surface area contributed by atoms with Crippen LogP contribution in [-0.2, 0) is 21.0 Å². The van der Waals surface area contributed by atoms with Crippen molar-refractivity contribution >= 4 is 14.9 Å². The van der Waals surface area contributed by atoms with Crippen LogP contribution in [0.1, 0.15) is 58.2 Å². The first-order valence-corrected chi connectivity index (χ1v) is 16.5. The second-order valence-electron chi connectivity index (χ2n) is 8.10. The normalized spacial score (nSPS) is 16.2. The quantitative estimate of drug-likeness (QED) is 0.454. The molecule has 0 bridgehead atoms. The number of halogens is 2. The third-order valence-electron chi connectivity index (χ3n) is 6.16. The van der Waals surface area contributed by atoms with Gasteiger partial charge in [0.25, 0.3) is 0 Å². The molecule has 0 aromatic heterocycles. The van der Waals surface area contributed by atoms with Crippen LogP contribution in [0.3, 0.4) is 0 Å². The van der Waals surface area contributed by atoms with Gasteiger partial charge in [-0.2, -0.15) is 0 Å². The molecule has 1 atom stereocenters. The van der Waals surface area contributed by atoms with Crippen molar-refractivity contribution in [1.82, 2.24) is 0 Å². The van der Waals surface area contributed by atoms with Crippen molar-refractivity contribution in [2.24, 2.45) is 0 Å². The number of hydrogen-bond donors (Lipinski definition) is 0. The van der Waals surface area contributed by atoms with Crippen LogP contribution in [0, 0.1) is 13.8 Å². The van der Waals surface area contributed by atoms with Gasteiger partial charge in [-0.3, -0.25) is 0 Å². The van der Waals surface area contributed by atoms with E-state index in [-0.39, 0.29) is 24.8 Å². The molecular formula is C27H30Cl2Hf. The Hall–Kier alpha value is -1.02. The van der Waals surface area contributed by atoms with Crippen molar-refractivity contribution in [2.45, 2.75) is 47.9 Å². The van der Waals surface area contributed by atoms with Crippen LogP contribution >= 0.6 is 0 Å². The zero-order chi connectivity index (χ0) is 19.7. The van der Waals surface area contributed by atoms with Gasteiger partial charge in [0.2, 0.25) is 0 Å². The monoisotopic (exact) mass is 604 g/mol. The third kappa shape index (κ3) is 4.90. The first kappa shape index (κ1) is 25.2. The summed E-state index contributed by atoms with van der Waals surface area (Å²) in [6.45, 7) is 9.22. The van der Waals surface area contributed by atoms with Gasteiger partial charge >= 0.3 is 178 Å². The summed E-state index contributed by atoms with van der Waals surface area (Å²) in [5, 5.41) is 0. The van der Waals surface area contributed by atoms with E-state index in [9.17, 15) is 0 Å². The predicted molar refractivity (Wildman–Crippen MR) is 121 cm³/mol. The Morgan fingerprint density at radius 2 is 1.47 bits per heavy atom. The molecule has 4 rings (SSSR count). The van der Waals surface area contributed by atoms with Crippen molar-refractivity contribution in [1.29, 1.82) is 0 Å². The molecule has 0 aliphatic heterocycles. The molecular weight excluding hydrogens is 574 g/mol. The number of allylic oxidation sites excluding steroid dienone is 5. The minimum absolute atomic E-state index is 0. The average molecular weight is 604 g/mol. The van der Waals surface area contributed by atoms with E-state index in [1.807, 2.05) is 3.26 Å². The SMILES string of the molecule is CC[C](CC)=[Hf+2]([CH]1C=CC=C1)[CH]1C(c2cc(C)cc(C)c2)=Cc2ccccc21.[Cl-].[Cl-]. The summed E-state index contributed by atoms with van der Waals surface area (Å²) < 4.78 is 3.23. The molecule has 2 aromatic rings. The zero-order valence-corrected chi connectivity index (χ0v) is 23.4. The Labute approximate surface area is 202 Å². The van der Waals surface area contributed by atoms with Gasteiger partial charge in [-0.25, -0.2) is 0 Å². The number of fused-ring (bicyclic) bond motifs is 1. The molecule has 0 radical (unpaired) electrons. The molecule has 0 saturated carbocycles. The molecule has 0 fully saturated rings. The minimum Gasteiger partial charge on any atom is -1.00 e. The van der Waals surface area contributed by atoms with E-state index < -0.39 is 21.0 Å². The second-order valence-corrected chi connectivity index (χ2v) is 18.4. The van der Waals surface area contributed by atoms with E-state index in [0.29, 0.717) is 7.35 Å². The maximum atomic E-state index is 2.50. The number of benzene rings is 2.